The van der Waals surface area contributed by atoms with Crippen molar-refractivity contribution >= 4 is 11.7 Å². The number of carbonyl (C=O) groups is 1. The summed E-state index contributed by atoms with van der Waals surface area (Å²) in [4.78, 5) is 15.3. The number of hydrogen-bond donors (Lipinski definition) is 1. The van der Waals surface area contributed by atoms with Gasteiger partial charge in [-0.05, 0) is 49.3 Å². The first-order valence-corrected chi connectivity index (χ1v) is 9.61. The lowest BCUT2D eigenvalue weighted by molar-refractivity contribution is -0.136. The molecule has 4 atom stereocenters. The number of nitrogens with zero attached hydrogens (tertiary/aromatic N) is 1. The number of methoxy groups -OCH3 is 1. The van der Waals surface area contributed by atoms with Crippen LogP contribution in [0.4, 0.5) is 5.69 Å². The Labute approximate surface area is 149 Å². The van der Waals surface area contributed by atoms with E-state index in [0.29, 0.717) is 12.0 Å². The second-order valence-electron chi connectivity index (χ2n) is 8.15. The number of piperidine rings is 1. The molecule has 0 saturated carbocycles. The number of esters is 1. The van der Waals surface area contributed by atoms with Crippen LogP contribution in [0.2, 0.25) is 0 Å². The summed E-state index contributed by atoms with van der Waals surface area (Å²) in [5, 5.41) is 3.63. The van der Waals surface area contributed by atoms with E-state index in [1.165, 1.54) is 37.7 Å². The van der Waals surface area contributed by atoms with Gasteiger partial charge >= 0.3 is 5.97 Å². The quantitative estimate of drug-likeness (QED) is 0.840. The highest BCUT2D eigenvalue weighted by molar-refractivity contribution is 5.93. The van der Waals surface area contributed by atoms with Crippen molar-refractivity contribution in [3.8, 4) is 0 Å². The van der Waals surface area contributed by atoms with Gasteiger partial charge in [0, 0.05) is 24.0 Å². The van der Waals surface area contributed by atoms with E-state index < -0.39 is 0 Å². The van der Waals surface area contributed by atoms with E-state index in [1.807, 2.05) is 0 Å². The van der Waals surface area contributed by atoms with Crippen molar-refractivity contribution in [2.45, 2.75) is 44.1 Å². The molecule has 1 aromatic carbocycles. The molecule has 0 amide bonds. The zero-order valence-corrected chi connectivity index (χ0v) is 15.0. The monoisotopic (exact) mass is 338 g/mol. The van der Waals surface area contributed by atoms with Crippen LogP contribution in [0.5, 0.6) is 0 Å². The smallest absolute Gasteiger partial charge is 0.335 e. The van der Waals surface area contributed by atoms with Gasteiger partial charge in [-0.15, -0.1) is 0 Å². The van der Waals surface area contributed by atoms with Crippen LogP contribution in [0.15, 0.2) is 35.5 Å². The fourth-order valence-corrected chi connectivity index (χ4v) is 6.22. The van der Waals surface area contributed by atoms with Gasteiger partial charge in [0.15, 0.2) is 0 Å². The normalized spacial score (nSPS) is 35.7. The highest BCUT2D eigenvalue weighted by Crippen LogP contribution is 2.61. The van der Waals surface area contributed by atoms with E-state index in [4.69, 9.17) is 4.74 Å². The SMILES string of the molecule is CC[C@H]1C[C@H]2CC(C(=O)OC)=C3Nc4ccccc4[C@]34CCN(C1)[C@H]24. The number of ether oxygens (including phenoxy) is 1. The Hall–Kier alpha value is -1.81. The number of fused-ring (bicyclic) bond motifs is 1. The Morgan fingerprint density at radius 1 is 1.40 bits per heavy atom. The lowest BCUT2D eigenvalue weighted by Crippen LogP contribution is -2.55. The molecule has 5 rings (SSSR count). The summed E-state index contributed by atoms with van der Waals surface area (Å²) in [6.07, 6.45) is 4.41. The average molecular weight is 338 g/mol. The number of anilines is 1. The molecule has 3 aliphatic heterocycles. The summed E-state index contributed by atoms with van der Waals surface area (Å²) >= 11 is 0. The maximum absolute atomic E-state index is 12.6. The summed E-state index contributed by atoms with van der Waals surface area (Å²) < 4.78 is 5.18. The first-order chi connectivity index (χ1) is 12.2. The molecule has 1 aromatic rings. The molecule has 4 aliphatic rings. The lowest BCUT2D eigenvalue weighted by atomic mass is 9.60. The number of nitrogens with one attached hydrogen (secondary N) is 1. The van der Waals surface area contributed by atoms with Gasteiger partial charge in [-0.25, -0.2) is 4.79 Å². The fourth-order valence-electron chi connectivity index (χ4n) is 6.22. The van der Waals surface area contributed by atoms with Crippen LogP contribution in [0.3, 0.4) is 0 Å². The van der Waals surface area contributed by atoms with E-state index in [-0.39, 0.29) is 11.4 Å². The molecular formula is C21H26N2O2. The van der Waals surface area contributed by atoms with Gasteiger partial charge in [0.05, 0.1) is 18.1 Å². The third-order valence-electron chi connectivity index (χ3n) is 7.16. The summed E-state index contributed by atoms with van der Waals surface area (Å²) in [7, 11) is 1.51. The molecule has 4 heteroatoms. The van der Waals surface area contributed by atoms with Gasteiger partial charge in [0.2, 0.25) is 0 Å². The minimum Gasteiger partial charge on any atom is -0.466 e. The van der Waals surface area contributed by atoms with E-state index >= 15 is 0 Å². The van der Waals surface area contributed by atoms with E-state index in [0.717, 1.165) is 36.6 Å². The Morgan fingerprint density at radius 3 is 3.04 bits per heavy atom. The molecule has 3 heterocycles. The van der Waals surface area contributed by atoms with Gasteiger partial charge in [0.1, 0.15) is 0 Å². The Kier molecular flexibility index (Phi) is 3.30. The molecule has 0 aromatic heterocycles. The Morgan fingerprint density at radius 2 is 2.24 bits per heavy atom. The molecule has 0 unspecified atom stereocenters. The molecule has 1 spiro atoms. The molecule has 0 bridgehead atoms. The third kappa shape index (κ3) is 1.89. The average Bonchev–Trinajstić information content (AvgIpc) is 3.20. The highest BCUT2D eigenvalue weighted by Gasteiger charge is 2.62. The minimum absolute atomic E-state index is 0.0399. The molecular weight excluding hydrogens is 312 g/mol. The van der Waals surface area contributed by atoms with Crippen molar-refractivity contribution in [3.63, 3.8) is 0 Å². The Bertz CT molecular complexity index is 771. The van der Waals surface area contributed by atoms with E-state index in [9.17, 15) is 4.79 Å². The van der Waals surface area contributed by atoms with Crippen molar-refractivity contribution in [2.24, 2.45) is 11.8 Å². The van der Waals surface area contributed by atoms with Gasteiger partial charge in [-0.3, -0.25) is 4.90 Å². The van der Waals surface area contributed by atoms with Crippen LogP contribution in [-0.2, 0) is 14.9 Å². The fraction of sp³-hybridized carbons (Fsp3) is 0.571. The van der Waals surface area contributed by atoms with Crippen molar-refractivity contribution in [1.29, 1.82) is 0 Å². The van der Waals surface area contributed by atoms with Gasteiger partial charge in [-0.1, -0.05) is 31.5 Å². The van der Waals surface area contributed by atoms with E-state index in [1.54, 1.807) is 0 Å². The molecule has 0 radical (unpaired) electrons. The van der Waals surface area contributed by atoms with Crippen molar-refractivity contribution < 1.29 is 9.53 Å². The van der Waals surface area contributed by atoms with Gasteiger partial charge < -0.3 is 10.1 Å². The number of para-hydroxylation sites is 1. The van der Waals surface area contributed by atoms with Gasteiger partial charge in [-0.2, -0.15) is 0 Å². The number of carbonyl (C=O) groups excluding carboxylic acids is 1. The number of rotatable bonds is 2. The van der Waals surface area contributed by atoms with Crippen molar-refractivity contribution in [3.05, 3.63) is 41.1 Å². The van der Waals surface area contributed by atoms with Crippen LogP contribution in [-0.4, -0.2) is 37.1 Å². The molecule has 132 valence electrons. The van der Waals surface area contributed by atoms with Crippen LogP contribution in [0.25, 0.3) is 0 Å². The molecule has 4 nitrogen and oxygen atoms in total. The maximum atomic E-state index is 12.6. The van der Waals surface area contributed by atoms with Crippen LogP contribution in [0, 0.1) is 11.8 Å². The highest BCUT2D eigenvalue weighted by atomic mass is 16.5. The molecule has 1 aliphatic carbocycles. The second kappa shape index (κ2) is 5.34. The Balaban J connectivity index is 1.72. The number of hydrogen-bond acceptors (Lipinski definition) is 4. The van der Waals surface area contributed by atoms with Crippen molar-refractivity contribution in [1.82, 2.24) is 4.90 Å². The summed E-state index contributed by atoms with van der Waals surface area (Å²) in [5.41, 5.74) is 4.55. The maximum Gasteiger partial charge on any atom is 0.335 e. The first-order valence-electron chi connectivity index (χ1n) is 9.61. The first kappa shape index (κ1) is 15.4. The second-order valence-corrected chi connectivity index (χ2v) is 8.15. The van der Waals surface area contributed by atoms with Gasteiger partial charge in [0.25, 0.3) is 0 Å². The lowest BCUT2D eigenvalue weighted by Gasteiger charge is -2.50. The third-order valence-corrected chi connectivity index (χ3v) is 7.16. The minimum atomic E-state index is -0.148. The molecule has 2 fully saturated rings. The largest absolute Gasteiger partial charge is 0.466 e. The predicted molar refractivity (Wildman–Crippen MR) is 97.3 cm³/mol. The number of benzene rings is 1. The molecule has 25 heavy (non-hydrogen) atoms. The van der Waals surface area contributed by atoms with Crippen LogP contribution >= 0.6 is 0 Å². The molecule has 1 N–H and O–H groups in total. The van der Waals surface area contributed by atoms with Crippen LogP contribution < -0.4 is 5.32 Å². The topological polar surface area (TPSA) is 41.6 Å². The molecule has 2 saturated heterocycles. The van der Waals surface area contributed by atoms with Crippen LogP contribution in [0.1, 0.15) is 38.2 Å². The van der Waals surface area contributed by atoms with Crippen molar-refractivity contribution in [2.75, 3.05) is 25.5 Å². The summed E-state index contributed by atoms with van der Waals surface area (Å²) in [6, 6.07) is 9.16. The predicted octanol–water partition coefficient (Wildman–Crippen LogP) is 3.30. The zero-order chi connectivity index (χ0) is 17.2. The van der Waals surface area contributed by atoms with E-state index in [2.05, 4.69) is 41.4 Å². The summed E-state index contributed by atoms with van der Waals surface area (Å²) in [5.74, 6) is 1.15. The zero-order valence-electron chi connectivity index (χ0n) is 15.0. The standard InChI is InChI=1S/C21H26N2O2/c1-3-13-10-14-11-15(20(24)25-2)18-21(8-9-23(12-13)19(14)21)16-6-4-5-7-17(16)22-18/h4-7,13-14,19,22H,3,8-12H2,1-2H3/t13-,14-,19+,21+/m0/s1. The summed E-state index contributed by atoms with van der Waals surface area (Å²) in [6.45, 7) is 4.64.